The second-order valence-electron chi connectivity index (χ2n) is 4.69. The Labute approximate surface area is 128 Å². The molecule has 4 nitrogen and oxygen atoms in total. The van der Waals surface area contributed by atoms with Crippen molar-refractivity contribution in [3.05, 3.63) is 29.0 Å². The van der Waals surface area contributed by atoms with Crippen molar-refractivity contribution in [1.82, 2.24) is 14.9 Å². The smallest absolute Gasteiger partial charge is 0.112 e. The van der Waals surface area contributed by atoms with Crippen LogP contribution < -0.4 is 5.32 Å². The molecule has 0 saturated heterocycles. The highest BCUT2D eigenvalue weighted by Gasteiger charge is 2.04. The lowest BCUT2D eigenvalue weighted by molar-refractivity contribution is 0.303. The molecule has 20 heavy (non-hydrogen) atoms. The second kappa shape index (κ2) is 7.55. The van der Waals surface area contributed by atoms with Crippen LogP contribution in [0.2, 0.25) is 0 Å². The van der Waals surface area contributed by atoms with Crippen LogP contribution in [0.1, 0.15) is 20.3 Å². The average Bonchev–Trinajstić information content (AvgIpc) is 2.47. The average molecular weight is 337 g/mol. The van der Waals surface area contributed by atoms with Crippen LogP contribution in [0.3, 0.4) is 0 Å². The van der Waals surface area contributed by atoms with E-state index >= 15 is 0 Å². The molecule has 0 unspecified atom stereocenters. The van der Waals surface area contributed by atoms with E-state index < -0.39 is 0 Å². The number of fused-ring (bicyclic) bond motifs is 1. The molecule has 5 heteroatoms. The molecule has 0 fully saturated rings. The predicted octanol–water partition coefficient (Wildman–Crippen LogP) is 3.54. The molecule has 0 radical (unpaired) electrons. The van der Waals surface area contributed by atoms with Gasteiger partial charge in [-0.2, -0.15) is 0 Å². The van der Waals surface area contributed by atoms with Crippen molar-refractivity contribution in [3.8, 4) is 0 Å². The Balaban J connectivity index is 1.96. The molecule has 0 spiro atoms. The van der Waals surface area contributed by atoms with Crippen molar-refractivity contribution >= 4 is 32.7 Å². The van der Waals surface area contributed by atoms with Crippen molar-refractivity contribution < 1.29 is 0 Å². The zero-order valence-electron chi connectivity index (χ0n) is 12.1. The molecule has 1 N–H and O–H groups in total. The van der Waals surface area contributed by atoms with E-state index in [1.807, 2.05) is 24.5 Å². The van der Waals surface area contributed by atoms with Crippen molar-refractivity contribution in [3.63, 3.8) is 0 Å². The lowest BCUT2D eigenvalue weighted by atomic mass is 10.2. The van der Waals surface area contributed by atoms with E-state index in [9.17, 15) is 0 Å². The Bertz CT molecular complexity index is 555. The summed E-state index contributed by atoms with van der Waals surface area (Å²) in [6.07, 6.45) is 4.76. The first kappa shape index (κ1) is 15.2. The largest absolute Gasteiger partial charge is 0.383 e. The van der Waals surface area contributed by atoms with Crippen LogP contribution in [0.4, 0.5) is 5.69 Å². The molecule has 0 aliphatic carbocycles. The summed E-state index contributed by atoms with van der Waals surface area (Å²) in [4.78, 5) is 11.2. The van der Waals surface area contributed by atoms with E-state index in [-0.39, 0.29) is 0 Å². The van der Waals surface area contributed by atoms with Crippen molar-refractivity contribution in [2.75, 3.05) is 31.5 Å². The number of aromatic nitrogens is 2. The van der Waals surface area contributed by atoms with E-state index in [0.29, 0.717) is 0 Å². The van der Waals surface area contributed by atoms with Crippen molar-refractivity contribution in [2.24, 2.45) is 0 Å². The van der Waals surface area contributed by atoms with Gasteiger partial charge in [-0.3, -0.25) is 9.97 Å². The molecule has 0 aliphatic heterocycles. The molecule has 2 rings (SSSR count). The standard InChI is InChI=1S/C15H21BrN4/c1-3-20(4-2)9-5-7-17-13-6-8-18-14-10-12(16)11-19-15(13)14/h6,8,10-11H,3-5,7,9H2,1-2H3,(H,17,18). The van der Waals surface area contributed by atoms with Gasteiger partial charge in [0.1, 0.15) is 5.52 Å². The Morgan fingerprint density at radius 1 is 1.25 bits per heavy atom. The van der Waals surface area contributed by atoms with E-state index in [2.05, 4.69) is 50.0 Å². The van der Waals surface area contributed by atoms with Crippen LogP contribution in [0, 0.1) is 0 Å². The van der Waals surface area contributed by atoms with Gasteiger partial charge >= 0.3 is 0 Å². The van der Waals surface area contributed by atoms with Gasteiger partial charge in [-0.05, 0) is 54.1 Å². The van der Waals surface area contributed by atoms with Gasteiger partial charge in [0.25, 0.3) is 0 Å². The van der Waals surface area contributed by atoms with Gasteiger partial charge < -0.3 is 10.2 Å². The first-order valence-electron chi connectivity index (χ1n) is 7.11. The molecule has 0 aliphatic rings. The molecule has 0 saturated carbocycles. The highest BCUT2D eigenvalue weighted by Crippen LogP contribution is 2.21. The SMILES string of the molecule is CCN(CC)CCCNc1ccnc2cc(Br)cnc12. The first-order valence-corrected chi connectivity index (χ1v) is 7.90. The van der Waals surface area contributed by atoms with Crippen LogP contribution in [0.15, 0.2) is 29.0 Å². The van der Waals surface area contributed by atoms with Gasteiger partial charge in [0.2, 0.25) is 0 Å². The highest BCUT2D eigenvalue weighted by molar-refractivity contribution is 9.10. The number of anilines is 1. The summed E-state index contributed by atoms with van der Waals surface area (Å²) < 4.78 is 0.955. The minimum Gasteiger partial charge on any atom is -0.383 e. The minimum absolute atomic E-state index is 0.910. The maximum Gasteiger partial charge on any atom is 0.112 e. The lowest BCUT2D eigenvalue weighted by Gasteiger charge is -2.18. The zero-order valence-corrected chi connectivity index (χ0v) is 13.7. The maximum atomic E-state index is 4.44. The van der Waals surface area contributed by atoms with E-state index in [1.165, 1.54) is 0 Å². The first-order chi connectivity index (χ1) is 9.74. The fraction of sp³-hybridized carbons (Fsp3) is 0.467. The maximum absolute atomic E-state index is 4.44. The van der Waals surface area contributed by atoms with Crippen molar-refractivity contribution in [2.45, 2.75) is 20.3 Å². The van der Waals surface area contributed by atoms with Crippen LogP contribution in [-0.2, 0) is 0 Å². The number of pyridine rings is 2. The topological polar surface area (TPSA) is 41.0 Å². The summed E-state index contributed by atoms with van der Waals surface area (Å²) in [6, 6.07) is 3.98. The van der Waals surface area contributed by atoms with E-state index in [1.54, 1.807) is 0 Å². The van der Waals surface area contributed by atoms with Crippen LogP contribution in [0.5, 0.6) is 0 Å². The van der Waals surface area contributed by atoms with Gasteiger partial charge in [0, 0.05) is 23.4 Å². The number of nitrogens with zero attached hydrogens (tertiary/aromatic N) is 3. The van der Waals surface area contributed by atoms with E-state index in [4.69, 9.17) is 0 Å². The Hall–Kier alpha value is -1.20. The molecule has 2 aromatic rings. The quantitative estimate of drug-likeness (QED) is 0.785. The molecular weight excluding hydrogens is 316 g/mol. The van der Waals surface area contributed by atoms with Crippen molar-refractivity contribution in [1.29, 1.82) is 0 Å². The molecule has 0 aromatic carbocycles. The van der Waals surface area contributed by atoms with Gasteiger partial charge in [0.15, 0.2) is 0 Å². The third-order valence-electron chi connectivity index (χ3n) is 3.41. The third-order valence-corrected chi connectivity index (χ3v) is 3.84. The van der Waals surface area contributed by atoms with Gasteiger partial charge in [-0.15, -0.1) is 0 Å². The number of rotatable bonds is 7. The Kier molecular flexibility index (Phi) is 5.73. The summed E-state index contributed by atoms with van der Waals surface area (Å²) >= 11 is 3.42. The molecular formula is C15H21BrN4. The summed E-state index contributed by atoms with van der Waals surface area (Å²) in [5.74, 6) is 0. The fourth-order valence-electron chi connectivity index (χ4n) is 2.21. The third kappa shape index (κ3) is 3.90. The summed E-state index contributed by atoms with van der Waals surface area (Å²) in [5, 5.41) is 3.47. The number of halogens is 1. The monoisotopic (exact) mass is 336 g/mol. The molecule has 0 bridgehead atoms. The van der Waals surface area contributed by atoms with Gasteiger partial charge in [0.05, 0.1) is 11.2 Å². The van der Waals surface area contributed by atoms with Crippen LogP contribution >= 0.6 is 15.9 Å². The molecule has 108 valence electrons. The van der Waals surface area contributed by atoms with Crippen LogP contribution in [-0.4, -0.2) is 41.0 Å². The van der Waals surface area contributed by atoms with Gasteiger partial charge in [-0.25, -0.2) is 0 Å². The number of hydrogen-bond acceptors (Lipinski definition) is 4. The van der Waals surface area contributed by atoms with Gasteiger partial charge in [-0.1, -0.05) is 13.8 Å². The lowest BCUT2D eigenvalue weighted by Crippen LogP contribution is -2.25. The molecule has 0 atom stereocenters. The minimum atomic E-state index is 0.910. The molecule has 2 heterocycles. The molecule has 2 aromatic heterocycles. The number of hydrogen-bond donors (Lipinski definition) is 1. The predicted molar refractivity (Wildman–Crippen MR) is 88.1 cm³/mol. The number of nitrogens with one attached hydrogen (secondary N) is 1. The Morgan fingerprint density at radius 2 is 2.05 bits per heavy atom. The zero-order chi connectivity index (χ0) is 14.4. The van der Waals surface area contributed by atoms with Crippen LogP contribution in [0.25, 0.3) is 11.0 Å². The molecule has 0 amide bonds. The summed E-state index contributed by atoms with van der Waals surface area (Å²) in [5.41, 5.74) is 2.90. The fourth-order valence-corrected chi connectivity index (χ4v) is 2.53. The summed E-state index contributed by atoms with van der Waals surface area (Å²) in [7, 11) is 0. The Morgan fingerprint density at radius 3 is 2.80 bits per heavy atom. The second-order valence-corrected chi connectivity index (χ2v) is 5.60. The van der Waals surface area contributed by atoms with E-state index in [0.717, 1.165) is 53.8 Å². The highest BCUT2D eigenvalue weighted by atomic mass is 79.9. The normalized spacial score (nSPS) is 11.2. The summed E-state index contributed by atoms with van der Waals surface area (Å²) in [6.45, 7) is 8.72.